The van der Waals surface area contributed by atoms with Crippen LogP contribution in [0.5, 0.6) is 0 Å². The van der Waals surface area contributed by atoms with Gasteiger partial charge in [-0.1, -0.05) is 18.2 Å². The molecule has 0 atom stereocenters. The van der Waals surface area contributed by atoms with Gasteiger partial charge in [-0.05, 0) is 12.1 Å². The third kappa shape index (κ3) is 3.07. The quantitative estimate of drug-likeness (QED) is 0.448. The van der Waals surface area contributed by atoms with Crippen LogP contribution in [0.3, 0.4) is 0 Å². The molecule has 0 fully saturated rings. The largest absolute Gasteiger partial charge is 0.431 e. The van der Waals surface area contributed by atoms with Gasteiger partial charge in [-0.15, -0.1) is 0 Å². The third-order valence-electron chi connectivity index (χ3n) is 1.80. The fourth-order valence-corrected chi connectivity index (χ4v) is 0.872. The van der Waals surface area contributed by atoms with Gasteiger partial charge in [0.2, 0.25) is 0 Å². The van der Waals surface area contributed by atoms with Crippen LogP contribution in [0.2, 0.25) is 0 Å². The van der Waals surface area contributed by atoms with E-state index in [-0.39, 0.29) is 0 Å². The number of rotatable bonds is 2. The summed E-state index contributed by atoms with van der Waals surface area (Å²) in [6, 6.07) is 8.33. The highest BCUT2D eigenvalue weighted by atomic mass is 16.6. The summed E-state index contributed by atoms with van der Waals surface area (Å²) in [7, 11) is 3.01. The first-order valence-corrected chi connectivity index (χ1v) is 4.37. The van der Waals surface area contributed by atoms with E-state index in [4.69, 9.17) is 0 Å². The first-order valence-electron chi connectivity index (χ1n) is 4.37. The molecule has 0 heterocycles. The molecule has 0 bridgehead atoms. The lowest BCUT2D eigenvalue weighted by molar-refractivity contribution is 0.0531. The number of benzene rings is 1. The molecule has 0 unspecified atom stereocenters. The lowest BCUT2D eigenvalue weighted by atomic mass is 10.2. The van der Waals surface area contributed by atoms with Gasteiger partial charge in [0.1, 0.15) is 0 Å². The molecule has 0 aromatic heterocycles. The van der Waals surface area contributed by atoms with Crippen LogP contribution in [0, 0.1) is 0 Å². The van der Waals surface area contributed by atoms with Gasteiger partial charge >= 0.3 is 12.1 Å². The second kappa shape index (κ2) is 5.11. The molecule has 0 saturated carbocycles. The summed E-state index contributed by atoms with van der Waals surface area (Å²) < 4.78 is 4.57. The van der Waals surface area contributed by atoms with Gasteiger partial charge in [0.05, 0.1) is 5.56 Å². The maximum atomic E-state index is 11.4. The van der Waals surface area contributed by atoms with E-state index in [1.54, 1.807) is 37.4 Å². The fraction of sp³-hybridized carbons (Fsp3) is 0.200. The Morgan fingerprint density at radius 1 is 1.27 bits per heavy atom. The molecule has 1 N–H and O–H groups in total. The van der Waals surface area contributed by atoms with E-state index in [0.717, 1.165) is 5.01 Å². The molecule has 0 aliphatic heterocycles. The molecule has 0 aliphatic rings. The second-order valence-electron chi connectivity index (χ2n) is 2.80. The maximum absolute atomic E-state index is 11.4. The van der Waals surface area contributed by atoms with Crippen molar-refractivity contribution in [2.24, 2.45) is 0 Å². The number of amides is 1. The highest BCUT2D eigenvalue weighted by Crippen LogP contribution is 2.01. The van der Waals surface area contributed by atoms with Crippen molar-refractivity contribution in [3.05, 3.63) is 35.9 Å². The Kier molecular flexibility index (Phi) is 3.82. The Balaban J connectivity index is 2.61. The van der Waals surface area contributed by atoms with Gasteiger partial charge in [0.15, 0.2) is 0 Å². The SMILES string of the molecule is CNN(C)C(=O)OC(=O)c1ccccc1. The predicted molar refractivity (Wildman–Crippen MR) is 54.1 cm³/mol. The maximum Gasteiger partial charge on any atom is 0.431 e. The summed E-state index contributed by atoms with van der Waals surface area (Å²) in [6.45, 7) is 0. The van der Waals surface area contributed by atoms with Crippen molar-refractivity contribution < 1.29 is 14.3 Å². The minimum Gasteiger partial charge on any atom is -0.371 e. The number of ether oxygens (including phenoxy) is 1. The third-order valence-corrected chi connectivity index (χ3v) is 1.80. The number of esters is 1. The van der Waals surface area contributed by atoms with Crippen LogP contribution in [-0.2, 0) is 4.74 Å². The molecule has 0 radical (unpaired) electrons. The van der Waals surface area contributed by atoms with Crippen LogP contribution < -0.4 is 5.43 Å². The minimum atomic E-state index is -0.744. The number of carbonyl (C=O) groups is 2. The lowest BCUT2D eigenvalue weighted by Gasteiger charge is -2.13. The van der Waals surface area contributed by atoms with Crippen molar-refractivity contribution in [1.29, 1.82) is 0 Å². The highest BCUT2D eigenvalue weighted by molar-refractivity contribution is 5.96. The van der Waals surface area contributed by atoms with Crippen molar-refractivity contribution in [2.45, 2.75) is 0 Å². The van der Waals surface area contributed by atoms with Gasteiger partial charge in [-0.2, -0.15) is 0 Å². The molecular weight excluding hydrogens is 196 g/mol. The minimum absolute atomic E-state index is 0.343. The molecular formula is C10H12N2O3. The van der Waals surface area contributed by atoms with E-state index in [0.29, 0.717) is 5.56 Å². The summed E-state index contributed by atoms with van der Waals surface area (Å²) in [5, 5.41) is 1.07. The van der Waals surface area contributed by atoms with E-state index in [1.165, 1.54) is 7.05 Å². The Labute approximate surface area is 87.6 Å². The summed E-state index contributed by atoms with van der Waals surface area (Å²) in [5.41, 5.74) is 2.87. The Hall–Kier alpha value is -1.88. The van der Waals surface area contributed by atoms with Crippen molar-refractivity contribution >= 4 is 12.1 Å². The molecule has 1 amide bonds. The zero-order chi connectivity index (χ0) is 11.3. The van der Waals surface area contributed by atoms with Crippen molar-refractivity contribution in [3.8, 4) is 0 Å². The fourth-order valence-electron chi connectivity index (χ4n) is 0.872. The van der Waals surface area contributed by atoms with Crippen LogP contribution in [-0.4, -0.2) is 31.2 Å². The van der Waals surface area contributed by atoms with Gasteiger partial charge in [-0.3, -0.25) is 0 Å². The molecule has 0 aliphatic carbocycles. The molecule has 1 aromatic rings. The number of nitrogens with zero attached hydrogens (tertiary/aromatic N) is 1. The van der Waals surface area contributed by atoms with E-state index < -0.39 is 12.1 Å². The predicted octanol–water partition coefficient (Wildman–Crippen LogP) is 1.03. The number of hydrazine groups is 1. The Morgan fingerprint density at radius 2 is 1.87 bits per heavy atom. The van der Waals surface area contributed by atoms with E-state index in [1.807, 2.05) is 0 Å². The molecule has 80 valence electrons. The zero-order valence-electron chi connectivity index (χ0n) is 8.56. The van der Waals surface area contributed by atoms with Gasteiger partial charge in [0.25, 0.3) is 0 Å². The first-order chi connectivity index (χ1) is 7.15. The molecule has 0 spiro atoms. The van der Waals surface area contributed by atoms with Crippen LogP contribution in [0.15, 0.2) is 30.3 Å². The van der Waals surface area contributed by atoms with Crippen LogP contribution in [0.25, 0.3) is 0 Å². The first kappa shape index (κ1) is 11.2. The molecule has 0 saturated heterocycles. The van der Waals surface area contributed by atoms with Gasteiger partial charge in [-0.25, -0.2) is 20.0 Å². The van der Waals surface area contributed by atoms with E-state index in [9.17, 15) is 9.59 Å². The normalized spacial score (nSPS) is 9.47. The zero-order valence-corrected chi connectivity index (χ0v) is 8.56. The summed E-state index contributed by atoms with van der Waals surface area (Å²) in [4.78, 5) is 22.6. The van der Waals surface area contributed by atoms with E-state index >= 15 is 0 Å². The van der Waals surface area contributed by atoms with Crippen LogP contribution in [0.4, 0.5) is 4.79 Å². The van der Waals surface area contributed by atoms with Crippen molar-refractivity contribution in [2.75, 3.05) is 14.1 Å². The number of hydrogen-bond acceptors (Lipinski definition) is 4. The van der Waals surface area contributed by atoms with E-state index in [2.05, 4.69) is 10.2 Å². The average Bonchev–Trinajstić information content (AvgIpc) is 2.29. The monoisotopic (exact) mass is 208 g/mol. The van der Waals surface area contributed by atoms with Crippen molar-refractivity contribution in [1.82, 2.24) is 10.4 Å². The standard InChI is InChI=1S/C10H12N2O3/c1-11-12(2)10(14)15-9(13)8-6-4-3-5-7-8/h3-7,11H,1-2H3. The Bertz CT molecular complexity index is 351. The topological polar surface area (TPSA) is 58.6 Å². The number of hydrogen-bond donors (Lipinski definition) is 1. The van der Waals surface area contributed by atoms with Gasteiger partial charge < -0.3 is 4.74 Å². The molecule has 1 aromatic carbocycles. The molecule has 5 heteroatoms. The molecule has 5 nitrogen and oxygen atoms in total. The number of carbonyl (C=O) groups excluding carboxylic acids is 2. The smallest absolute Gasteiger partial charge is 0.371 e. The summed E-state index contributed by atoms with van der Waals surface area (Å²) in [6.07, 6.45) is -0.744. The summed E-state index contributed by atoms with van der Waals surface area (Å²) in [5.74, 6) is -0.664. The number of nitrogens with one attached hydrogen (secondary N) is 1. The van der Waals surface area contributed by atoms with Crippen LogP contribution >= 0.6 is 0 Å². The molecule has 15 heavy (non-hydrogen) atoms. The lowest BCUT2D eigenvalue weighted by Crippen LogP contribution is -2.38. The van der Waals surface area contributed by atoms with Crippen LogP contribution in [0.1, 0.15) is 10.4 Å². The second-order valence-corrected chi connectivity index (χ2v) is 2.80. The highest BCUT2D eigenvalue weighted by Gasteiger charge is 2.15. The summed E-state index contributed by atoms with van der Waals surface area (Å²) >= 11 is 0. The van der Waals surface area contributed by atoms with Gasteiger partial charge in [0, 0.05) is 14.1 Å². The van der Waals surface area contributed by atoms with Crippen molar-refractivity contribution in [3.63, 3.8) is 0 Å². The Morgan fingerprint density at radius 3 is 2.40 bits per heavy atom. The average molecular weight is 208 g/mol. The molecule has 1 rings (SSSR count).